The average molecular weight is 520 g/mol. The first-order valence-electron chi connectivity index (χ1n) is 11.3. The normalized spacial score (nSPS) is 29.0. The Bertz CT molecular complexity index is 1280. The molecule has 1 aliphatic heterocycles. The van der Waals surface area contributed by atoms with E-state index >= 15 is 0 Å². The van der Waals surface area contributed by atoms with Crippen molar-refractivity contribution in [2.75, 3.05) is 6.61 Å². The first-order valence-corrected chi connectivity index (χ1v) is 11.3. The van der Waals surface area contributed by atoms with Crippen LogP contribution in [0, 0.1) is 0 Å². The molecule has 0 amide bonds. The molecule has 36 heavy (non-hydrogen) atoms. The third-order valence-electron chi connectivity index (χ3n) is 7.17. The van der Waals surface area contributed by atoms with Crippen LogP contribution in [-0.4, -0.2) is 68.4 Å². The van der Waals surface area contributed by atoms with E-state index < -0.39 is 59.0 Å². The van der Waals surface area contributed by atoms with Crippen molar-refractivity contribution < 1.29 is 44.3 Å². The van der Waals surface area contributed by atoms with E-state index in [1.54, 1.807) is 12.1 Å². The number of carbonyl (C=O) groups is 3. The zero-order valence-corrected chi connectivity index (χ0v) is 20.1. The molecule has 5 rings (SSSR count). The maximum absolute atomic E-state index is 13.3. The van der Waals surface area contributed by atoms with Gasteiger partial charge in [0, 0.05) is 41.5 Å². The van der Waals surface area contributed by atoms with Gasteiger partial charge in [-0.25, -0.2) is 0 Å². The van der Waals surface area contributed by atoms with Crippen LogP contribution in [0.5, 0.6) is 11.5 Å². The summed E-state index contributed by atoms with van der Waals surface area (Å²) in [6.07, 6.45) is -4.74. The van der Waals surface area contributed by atoms with Gasteiger partial charge in [0.2, 0.25) is 0 Å². The topological polar surface area (TPSA) is 177 Å². The van der Waals surface area contributed by atoms with Crippen LogP contribution in [0.3, 0.4) is 0 Å². The predicted octanol–water partition coefficient (Wildman–Crippen LogP) is 1.05. The number of Topliss-reactive ketones (excluding diaryl/α,β-unsaturated/α-hetero) is 1. The first kappa shape index (κ1) is 26.2. The number of ether oxygens (including phenoxy) is 2. The maximum atomic E-state index is 13.3. The van der Waals surface area contributed by atoms with Crippen LogP contribution < -0.4 is 5.73 Å². The van der Waals surface area contributed by atoms with Gasteiger partial charge in [-0.05, 0) is 6.92 Å². The van der Waals surface area contributed by atoms with Gasteiger partial charge in [-0.15, -0.1) is 12.4 Å². The highest BCUT2D eigenvalue weighted by atomic mass is 35.5. The van der Waals surface area contributed by atoms with E-state index in [-0.39, 0.29) is 71.7 Å². The Hall–Kier alpha value is -2.86. The number of aliphatic hydroxyl groups is 2. The number of fused-ring (bicyclic) bond motifs is 3. The number of halogens is 1. The van der Waals surface area contributed by atoms with Crippen LogP contribution in [0.1, 0.15) is 68.8 Å². The second-order valence-corrected chi connectivity index (χ2v) is 9.39. The molecule has 0 saturated carbocycles. The Morgan fingerprint density at radius 3 is 2.19 bits per heavy atom. The van der Waals surface area contributed by atoms with Crippen molar-refractivity contribution in [3.05, 3.63) is 57.6 Å². The zero-order chi connectivity index (χ0) is 25.2. The van der Waals surface area contributed by atoms with E-state index in [2.05, 4.69) is 0 Å². The number of aromatic hydroxyl groups is 2. The lowest BCUT2D eigenvalue weighted by Gasteiger charge is -2.41. The molecule has 10 nitrogen and oxygen atoms in total. The molecule has 2 aromatic carbocycles. The fraction of sp³-hybridized carbons (Fsp3) is 0.400. The van der Waals surface area contributed by atoms with Crippen molar-refractivity contribution >= 4 is 29.8 Å². The number of rotatable bonds is 3. The van der Waals surface area contributed by atoms with Gasteiger partial charge >= 0.3 is 0 Å². The summed E-state index contributed by atoms with van der Waals surface area (Å²) in [4.78, 5) is 39.0. The lowest BCUT2D eigenvalue weighted by Crippen LogP contribution is -2.53. The largest absolute Gasteiger partial charge is 0.507 e. The molecule has 2 aromatic rings. The highest BCUT2D eigenvalue weighted by molar-refractivity contribution is 6.30. The number of phenols is 2. The number of phenolic OH excluding ortho intramolecular Hbond substituents is 2. The van der Waals surface area contributed by atoms with Gasteiger partial charge in [-0.1, -0.05) is 24.3 Å². The van der Waals surface area contributed by atoms with E-state index in [9.17, 15) is 34.8 Å². The molecule has 1 heterocycles. The zero-order valence-electron chi connectivity index (χ0n) is 19.3. The molecular formula is C25H26ClNO9. The maximum Gasteiger partial charge on any atom is 0.198 e. The highest BCUT2D eigenvalue weighted by Gasteiger charge is 2.48. The van der Waals surface area contributed by atoms with Crippen molar-refractivity contribution in [1.29, 1.82) is 0 Å². The van der Waals surface area contributed by atoms with Crippen LogP contribution in [0.4, 0.5) is 0 Å². The predicted molar refractivity (Wildman–Crippen MR) is 126 cm³/mol. The number of hydrogen-bond acceptors (Lipinski definition) is 10. The van der Waals surface area contributed by atoms with Gasteiger partial charge in [0.05, 0.1) is 35.5 Å². The molecule has 0 spiro atoms. The Balaban J connectivity index is 0.00000304. The summed E-state index contributed by atoms with van der Waals surface area (Å²) in [5.41, 5.74) is 4.47. The summed E-state index contributed by atoms with van der Waals surface area (Å²) >= 11 is 0. The van der Waals surface area contributed by atoms with Crippen LogP contribution in [0.25, 0.3) is 0 Å². The minimum Gasteiger partial charge on any atom is -0.507 e. The van der Waals surface area contributed by atoms with E-state index in [0.717, 1.165) is 0 Å². The van der Waals surface area contributed by atoms with E-state index in [0.29, 0.717) is 0 Å². The molecule has 0 radical (unpaired) electrons. The summed E-state index contributed by atoms with van der Waals surface area (Å²) in [5.74, 6) is -2.74. The smallest absolute Gasteiger partial charge is 0.198 e. The average Bonchev–Trinajstić information content (AvgIpc) is 2.82. The van der Waals surface area contributed by atoms with Gasteiger partial charge in [-0.2, -0.15) is 0 Å². The molecule has 2 aliphatic carbocycles. The number of nitrogens with two attached hydrogens (primary N) is 1. The summed E-state index contributed by atoms with van der Waals surface area (Å²) in [5, 5.41) is 42.3. The number of hydrogen-bond donors (Lipinski definition) is 5. The van der Waals surface area contributed by atoms with E-state index in [1.165, 1.54) is 19.1 Å². The fourth-order valence-electron chi connectivity index (χ4n) is 5.13. The Kier molecular flexibility index (Phi) is 6.71. The highest BCUT2D eigenvalue weighted by Crippen LogP contribution is 2.51. The summed E-state index contributed by atoms with van der Waals surface area (Å²) in [6, 6.07) is 6.10. The molecule has 6 N–H and O–H groups in total. The van der Waals surface area contributed by atoms with Crippen molar-refractivity contribution in [1.82, 2.24) is 0 Å². The monoisotopic (exact) mass is 519 g/mol. The van der Waals surface area contributed by atoms with Gasteiger partial charge in [-0.3, -0.25) is 14.4 Å². The molecule has 4 unspecified atom stereocenters. The van der Waals surface area contributed by atoms with Crippen LogP contribution in [-0.2, 0) is 20.7 Å². The van der Waals surface area contributed by atoms with Gasteiger partial charge in [0.1, 0.15) is 23.4 Å². The summed E-state index contributed by atoms with van der Waals surface area (Å²) < 4.78 is 11.4. The van der Waals surface area contributed by atoms with Crippen molar-refractivity contribution in [2.45, 2.75) is 56.3 Å². The standard InChI is InChI=1S/C25H25NO9.ClH/c1-10(27)25(26)7-13-18(16(8-25)35-17-6-14(28)15(29)9-34-17)24(33)20-19(23(13)32)21(30)11-4-2-3-5-12(11)22(20)31;/h2-5,14-17,28-29,32-33H,6-9,26H2,1H3;1H/t14?,15?,16?,17?,25-;/m0./s1. The van der Waals surface area contributed by atoms with Gasteiger partial charge in [0.15, 0.2) is 17.9 Å². The fourth-order valence-corrected chi connectivity index (χ4v) is 5.13. The molecule has 5 atom stereocenters. The molecule has 3 aliphatic rings. The molecule has 1 fully saturated rings. The molecular weight excluding hydrogens is 494 g/mol. The SMILES string of the molecule is CC(=O)[C@]1(N)Cc2c(O)c3c(c(O)c2C(OC2CC(O)C(O)CO2)C1)C(=O)c1ccccc1C3=O.Cl. The lowest BCUT2D eigenvalue weighted by atomic mass is 9.71. The van der Waals surface area contributed by atoms with Crippen LogP contribution in [0.15, 0.2) is 24.3 Å². The van der Waals surface area contributed by atoms with Crippen LogP contribution in [0.2, 0.25) is 0 Å². The Labute approximate surface area is 212 Å². The van der Waals surface area contributed by atoms with E-state index in [1.807, 2.05) is 0 Å². The van der Waals surface area contributed by atoms with Crippen molar-refractivity contribution in [3.8, 4) is 11.5 Å². The van der Waals surface area contributed by atoms with Crippen molar-refractivity contribution in [2.24, 2.45) is 5.73 Å². The molecule has 11 heteroatoms. The third-order valence-corrected chi connectivity index (χ3v) is 7.17. The van der Waals surface area contributed by atoms with Gasteiger partial charge < -0.3 is 35.6 Å². The Morgan fingerprint density at radius 1 is 1.06 bits per heavy atom. The van der Waals surface area contributed by atoms with Gasteiger partial charge in [0.25, 0.3) is 0 Å². The number of carbonyl (C=O) groups excluding carboxylic acids is 3. The van der Waals surface area contributed by atoms with Crippen LogP contribution >= 0.6 is 12.4 Å². The molecule has 0 bridgehead atoms. The number of benzene rings is 2. The summed E-state index contributed by atoms with van der Waals surface area (Å²) in [7, 11) is 0. The Morgan fingerprint density at radius 2 is 1.64 bits per heavy atom. The quantitative estimate of drug-likeness (QED) is 0.314. The second-order valence-electron chi connectivity index (χ2n) is 9.39. The minimum absolute atomic E-state index is 0. The molecule has 0 aromatic heterocycles. The summed E-state index contributed by atoms with van der Waals surface area (Å²) in [6.45, 7) is 1.09. The molecule has 1 saturated heterocycles. The minimum atomic E-state index is -1.50. The third kappa shape index (κ3) is 3.90. The second kappa shape index (κ2) is 9.22. The van der Waals surface area contributed by atoms with E-state index in [4.69, 9.17) is 15.2 Å². The number of aliphatic hydroxyl groups excluding tert-OH is 2. The number of ketones is 3. The molecule has 192 valence electrons. The lowest BCUT2D eigenvalue weighted by molar-refractivity contribution is -0.238. The van der Waals surface area contributed by atoms with Crippen molar-refractivity contribution in [3.63, 3.8) is 0 Å². The first-order chi connectivity index (χ1) is 16.5.